The second-order valence-electron chi connectivity index (χ2n) is 27.6. The molecule has 0 fully saturated rings. The van der Waals surface area contributed by atoms with Crippen LogP contribution in [0.25, 0.3) is 0 Å². The van der Waals surface area contributed by atoms with Crippen LogP contribution < -0.4 is 126 Å². The molecule has 0 aliphatic heterocycles. The van der Waals surface area contributed by atoms with Crippen molar-refractivity contribution in [1.82, 2.24) is 79.8 Å². The lowest BCUT2D eigenvalue weighted by Crippen LogP contribution is -2.62. The van der Waals surface area contributed by atoms with Crippen molar-refractivity contribution in [3.63, 3.8) is 0 Å². The lowest BCUT2D eigenvalue weighted by molar-refractivity contribution is -0.143. The standard InChI is InChI=1S/C72H117N25O21S/c1-38(98)58(69(116)92-44(16-6-9-27-74)61(108)91-47(24-25-57(104)105)63(110)96-51(70(117)118)32-40-20-22-41(99)23-21-40)97-64(111)45(17-7-10-28-75)90-65(112)48(31-39-13-3-2-4-14-39)93-66(113)50(34-54(78)101)95-67(114)49(33-53(77)100)94-62(109)46(19-12-30-84-72(81)82)89-60(107)43(15-5-8-26-73)86-56(103)36-85-59(106)42(18-11-29-83-71(79)80)88-68(115)52(37-119)87-55(102)35-76/h2-4,13-14,20-23,38,42-52,58,98-99,119H,5-12,15-19,24-37,73-76H2,1H3,(H2,77,100)(H2,78,101)(H,85,106)(H,86,103)(H,87,102)(H,88,115)(H,89,107)(H,90,112)(H,91,108)(H,92,116)(H,93,113)(H,94,109)(H,95,114)(H,96,110)(H,97,111)(H,104,105)(H,117,118)(H4,79,80,83)(H4,81,82,84)/t38-,42+,43+,44+,45+,46+,47+,48+,49+,50+,51+,52+,58+/m1/s1. The van der Waals surface area contributed by atoms with Crippen LogP contribution in [0.5, 0.6) is 5.75 Å². The number of nitrogens with one attached hydrogen (secondary N) is 17. The lowest BCUT2D eigenvalue weighted by Gasteiger charge is -2.29. The van der Waals surface area contributed by atoms with Gasteiger partial charge in [0.25, 0.3) is 0 Å². The van der Waals surface area contributed by atoms with Crippen LogP contribution >= 0.6 is 12.6 Å². The predicted octanol–water partition coefficient (Wildman–Crippen LogP) is -10.0. The molecule has 0 aromatic heterocycles. The highest BCUT2D eigenvalue weighted by Crippen LogP contribution is 2.15. The van der Waals surface area contributed by atoms with E-state index in [1.54, 1.807) is 30.3 Å². The van der Waals surface area contributed by atoms with Crippen LogP contribution in [0, 0.1) is 10.8 Å². The van der Waals surface area contributed by atoms with Gasteiger partial charge in [0, 0.05) is 38.1 Å². The monoisotopic (exact) mass is 1700 g/mol. The summed E-state index contributed by atoms with van der Waals surface area (Å²) in [5.41, 5.74) is 45.4. The fourth-order valence-corrected chi connectivity index (χ4v) is 11.7. The average molecular weight is 1700 g/mol. The molecule has 47 heteroatoms. The summed E-state index contributed by atoms with van der Waals surface area (Å²) >= 11 is 4.10. The zero-order chi connectivity index (χ0) is 89.3. The van der Waals surface area contributed by atoms with Gasteiger partial charge in [0.15, 0.2) is 11.9 Å². The number of aliphatic carboxylic acids is 2. The highest BCUT2D eigenvalue weighted by Gasteiger charge is 2.39. The van der Waals surface area contributed by atoms with E-state index in [9.17, 15) is 102 Å². The number of carboxylic acids is 2. The van der Waals surface area contributed by atoms with Crippen molar-refractivity contribution in [3.8, 4) is 5.75 Å². The van der Waals surface area contributed by atoms with Crippen LogP contribution in [-0.4, -0.2) is 263 Å². The maximum absolute atomic E-state index is 14.8. The number of aliphatic hydroxyl groups is 1. The molecule has 0 heterocycles. The van der Waals surface area contributed by atoms with Crippen molar-refractivity contribution in [2.24, 2.45) is 45.9 Å². The van der Waals surface area contributed by atoms with Crippen molar-refractivity contribution in [2.75, 3.05) is 51.6 Å². The summed E-state index contributed by atoms with van der Waals surface area (Å²) < 4.78 is 0. The number of primary amides is 2. The van der Waals surface area contributed by atoms with Crippen LogP contribution in [0.1, 0.15) is 127 Å². The number of nitrogens with two attached hydrogens (primary N) is 8. The lowest BCUT2D eigenvalue weighted by atomic mass is 10.0. The number of guanidine groups is 2. The molecule has 46 nitrogen and oxygen atoms in total. The van der Waals surface area contributed by atoms with Gasteiger partial charge in [-0.15, -0.1) is 0 Å². The largest absolute Gasteiger partial charge is 0.508 e. The molecule has 0 bridgehead atoms. The number of phenolic OH excluding ortho intramolecular Hbond substituents is 1. The molecule has 119 heavy (non-hydrogen) atoms. The molecule has 37 N–H and O–H groups in total. The smallest absolute Gasteiger partial charge is 0.326 e. The van der Waals surface area contributed by atoms with Gasteiger partial charge in [-0.3, -0.25) is 87.5 Å². The SMILES string of the molecule is C[C@@H](O)[C@H](NC(=O)[C@H](CCCCN)NC(=O)[C@H](Cc1ccccc1)NC(=O)[C@H](CC(N)=O)NC(=O)[C@H](CC(N)=O)NC(=O)[C@H](CCCNC(=N)N)NC(=O)[C@H](CCCCN)NC(=O)CNC(=O)[C@H](CCCNC(=N)N)NC(=O)[C@H](CS)NC(=O)CN)C(=O)N[C@@H](CCCCN)C(=O)N[C@@H](CCC(=O)O)C(=O)N[C@@H](Cc1ccc(O)cc1)C(=O)O. The summed E-state index contributed by atoms with van der Waals surface area (Å²) in [6.07, 6.45) is -5.37. The minimum absolute atomic E-state index is 0.0484. The number of unbranched alkanes of at least 4 members (excludes halogenated alkanes) is 3. The molecule has 0 saturated heterocycles. The number of rotatable bonds is 60. The van der Waals surface area contributed by atoms with Crippen LogP contribution in [0.4, 0.5) is 0 Å². The van der Waals surface area contributed by atoms with Gasteiger partial charge in [0.2, 0.25) is 88.6 Å². The number of thiol groups is 1. The fraction of sp³-hybridized carbons (Fsp3) is 0.569. The van der Waals surface area contributed by atoms with Gasteiger partial charge in [-0.05, 0) is 140 Å². The Bertz CT molecular complexity index is 3740. The zero-order valence-corrected chi connectivity index (χ0v) is 67.0. The summed E-state index contributed by atoms with van der Waals surface area (Å²) in [7, 11) is 0. The van der Waals surface area contributed by atoms with E-state index >= 15 is 0 Å². The quantitative estimate of drug-likeness (QED) is 0.0127. The number of hydrogen-bond donors (Lipinski definition) is 30. The summed E-state index contributed by atoms with van der Waals surface area (Å²) in [5, 5.41) is 91.7. The Morgan fingerprint density at radius 1 is 0.387 bits per heavy atom. The molecule has 13 atom stereocenters. The van der Waals surface area contributed by atoms with Crippen LogP contribution in [0.15, 0.2) is 54.6 Å². The first-order valence-corrected chi connectivity index (χ1v) is 39.0. The molecule has 2 aromatic carbocycles. The summed E-state index contributed by atoms with van der Waals surface area (Å²) in [4.78, 5) is 232. The molecule has 662 valence electrons. The number of carboxylic acid groups (broad SMARTS) is 2. The van der Waals surface area contributed by atoms with E-state index in [-0.39, 0.29) is 140 Å². The maximum Gasteiger partial charge on any atom is 0.326 e. The Labute approximate surface area is 691 Å². The summed E-state index contributed by atoms with van der Waals surface area (Å²) in [6, 6.07) is -6.89. The third-order valence-corrected chi connectivity index (χ3v) is 18.1. The fourth-order valence-electron chi connectivity index (χ4n) is 11.4. The number of hydrogen-bond acceptors (Lipinski definition) is 26. The second-order valence-corrected chi connectivity index (χ2v) is 28.0. The maximum atomic E-state index is 14.8. The van der Waals surface area contributed by atoms with Gasteiger partial charge >= 0.3 is 11.9 Å². The van der Waals surface area contributed by atoms with E-state index in [1.165, 1.54) is 24.3 Å². The average Bonchev–Trinajstić information content (AvgIpc) is 0.852. The van der Waals surface area contributed by atoms with E-state index in [4.69, 9.17) is 56.7 Å². The van der Waals surface area contributed by atoms with Crippen molar-refractivity contribution in [1.29, 1.82) is 10.8 Å². The number of amides is 15. The predicted molar refractivity (Wildman–Crippen MR) is 432 cm³/mol. The van der Waals surface area contributed by atoms with Crippen LogP contribution in [0.2, 0.25) is 0 Å². The van der Waals surface area contributed by atoms with Crippen molar-refractivity contribution in [2.45, 2.75) is 208 Å². The van der Waals surface area contributed by atoms with Gasteiger partial charge in [0.05, 0.1) is 32.0 Å². The Morgan fingerprint density at radius 3 is 1.13 bits per heavy atom. The van der Waals surface area contributed by atoms with E-state index in [0.717, 1.165) is 6.92 Å². The second kappa shape index (κ2) is 56.3. The van der Waals surface area contributed by atoms with Crippen molar-refractivity contribution < 1.29 is 102 Å². The Kier molecular flexibility index (Phi) is 48.7. The van der Waals surface area contributed by atoms with E-state index in [0.29, 0.717) is 17.5 Å². The van der Waals surface area contributed by atoms with Crippen molar-refractivity contribution >= 4 is 125 Å². The molecule has 0 aliphatic rings. The number of aromatic hydroxyl groups is 1. The first-order valence-electron chi connectivity index (χ1n) is 38.4. The first-order chi connectivity index (χ1) is 56.4. The molecule has 2 aromatic rings. The van der Waals surface area contributed by atoms with Gasteiger partial charge in [-0.2, -0.15) is 12.6 Å². The number of carbonyl (C=O) groups excluding carboxylic acids is 15. The van der Waals surface area contributed by atoms with E-state index in [1.807, 2.05) is 0 Å². The number of phenols is 1. The Hall–Kier alpha value is -12.1. The van der Waals surface area contributed by atoms with Crippen LogP contribution in [-0.2, 0) is 94.3 Å². The summed E-state index contributed by atoms with van der Waals surface area (Å²) in [5.74, 6) is -20.5. The minimum atomic E-state index is -2.05. The molecule has 2 rings (SSSR count). The first kappa shape index (κ1) is 103. The molecule has 0 radical (unpaired) electrons. The zero-order valence-electron chi connectivity index (χ0n) is 66.1. The molecular formula is C72H117N25O21S. The topological polar surface area (TPSA) is 807 Å². The normalized spacial score (nSPS) is 14.2. The highest BCUT2D eigenvalue weighted by molar-refractivity contribution is 7.80. The Morgan fingerprint density at radius 2 is 0.731 bits per heavy atom. The molecule has 0 saturated carbocycles. The molecule has 0 aliphatic carbocycles. The molecule has 0 unspecified atom stereocenters. The Balaban J connectivity index is 2.57. The van der Waals surface area contributed by atoms with E-state index < -0.39 is 224 Å². The highest BCUT2D eigenvalue weighted by atomic mass is 32.1. The molecule has 15 amide bonds. The van der Waals surface area contributed by atoms with Crippen molar-refractivity contribution in [3.05, 3.63) is 65.7 Å². The van der Waals surface area contributed by atoms with Gasteiger partial charge < -0.3 is 146 Å². The molecular weight excluding hydrogens is 1580 g/mol. The van der Waals surface area contributed by atoms with Crippen LogP contribution in [0.3, 0.4) is 0 Å². The third-order valence-electron chi connectivity index (χ3n) is 17.8. The minimum Gasteiger partial charge on any atom is -0.508 e. The van der Waals surface area contributed by atoms with Gasteiger partial charge in [0.1, 0.15) is 78.3 Å². The van der Waals surface area contributed by atoms with Gasteiger partial charge in [-0.25, -0.2) is 4.79 Å². The number of benzene rings is 2. The summed E-state index contributed by atoms with van der Waals surface area (Å²) in [6.45, 7) is 0.137. The van der Waals surface area contributed by atoms with Gasteiger partial charge in [-0.1, -0.05) is 42.5 Å². The molecule has 0 spiro atoms. The number of aliphatic hydroxyl groups excluding tert-OH is 1. The van der Waals surface area contributed by atoms with E-state index in [2.05, 4.69) is 92.4 Å². The number of carbonyl (C=O) groups is 17. The third kappa shape index (κ3) is 42.1.